The first kappa shape index (κ1) is 61.8. The van der Waals surface area contributed by atoms with Gasteiger partial charge in [-0.2, -0.15) is 0 Å². The zero-order chi connectivity index (χ0) is 47.4. The number of amides is 1. The zero-order valence-electron chi connectivity index (χ0n) is 42.3. The number of ether oxygens (including phenoxy) is 1. The Labute approximate surface area is 401 Å². The highest BCUT2D eigenvalue weighted by atomic mass is 16.5. The molecule has 0 radical (unpaired) electrons. The Balaban J connectivity index is 4.72. The fourth-order valence-electron chi connectivity index (χ4n) is 7.66. The van der Waals surface area contributed by atoms with Crippen LogP contribution in [-0.2, 0) is 14.3 Å². The lowest BCUT2D eigenvalue weighted by molar-refractivity contribution is -0.151. The summed E-state index contributed by atoms with van der Waals surface area (Å²) in [6.45, 7) is 6.29. The van der Waals surface area contributed by atoms with E-state index in [2.05, 4.69) is 92.9 Å². The van der Waals surface area contributed by atoms with Gasteiger partial charge in [0.2, 0.25) is 5.91 Å². The van der Waals surface area contributed by atoms with Gasteiger partial charge in [-0.3, -0.25) is 9.59 Å². The van der Waals surface area contributed by atoms with Crippen LogP contribution in [0.1, 0.15) is 239 Å². The topological polar surface area (TPSA) is 95.9 Å². The van der Waals surface area contributed by atoms with E-state index in [0.717, 1.165) is 83.5 Å². The van der Waals surface area contributed by atoms with Crippen molar-refractivity contribution in [2.75, 3.05) is 6.61 Å². The van der Waals surface area contributed by atoms with Crippen molar-refractivity contribution in [3.05, 3.63) is 97.2 Å². The van der Waals surface area contributed by atoms with E-state index in [4.69, 9.17) is 4.74 Å². The predicted octanol–water partition coefficient (Wildman–Crippen LogP) is 16.5. The number of nitrogens with one attached hydrogen (secondary N) is 1. The van der Waals surface area contributed by atoms with Crippen molar-refractivity contribution in [1.82, 2.24) is 5.32 Å². The third-order valence-corrected chi connectivity index (χ3v) is 11.7. The molecule has 0 fully saturated rings. The van der Waals surface area contributed by atoms with Crippen LogP contribution in [0.5, 0.6) is 0 Å². The highest BCUT2D eigenvalue weighted by Crippen LogP contribution is 2.17. The van der Waals surface area contributed by atoms with Gasteiger partial charge in [-0.15, -0.1) is 0 Å². The van der Waals surface area contributed by atoms with Gasteiger partial charge in [-0.1, -0.05) is 240 Å². The van der Waals surface area contributed by atoms with E-state index in [1.807, 2.05) is 30.4 Å². The summed E-state index contributed by atoms with van der Waals surface area (Å²) in [4.78, 5) is 26.2. The Morgan fingerprint density at radius 2 is 0.908 bits per heavy atom. The number of hydrogen-bond donors (Lipinski definition) is 3. The van der Waals surface area contributed by atoms with Crippen LogP contribution in [0, 0.1) is 0 Å². The molecule has 6 heteroatoms. The molecule has 372 valence electrons. The van der Waals surface area contributed by atoms with Gasteiger partial charge in [-0.25, -0.2) is 0 Å². The molecule has 0 saturated heterocycles. The van der Waals surface area contributed by atoms with Crippen molar-refractivity contribution in [3.63, 3.8) is 0 Å². The molecule has 0 heterocycles. The van der Waals surface area contributed by atoms with Gasteiger partial charge in [0.15, 0.2) is 0 Å². The van der Waals surface area contributed by atoms with Crippen LogP contribution in [0.4, 0.5) is 0 Å². The fraction of sp³-hybridized carbons (Fsp3) is 0.695. The molecule has 0 aromatic carbocycles. The van der Waals surface area contributed by atoms with E-state index >= 15 is 0 Å². The summed E-state index contributed by atoms with van der Waals surface area (Å²) in [5, 5.41) is 23.8. The lowest BCUT2D eigenvalue weighted by atomic mass is 10.0. The molecule has 0 aliphatic carbocycles. The molecule has 0 aromatic rings. The molecule has 0 aliphatic rings. The molecule has 1 amide bonds. The Hall–Kier alpha value is -3.22. The number of rotatable bonds is 47. The van der Waals surface area contributed by atoms with E-state index in [1.54, 1.807) is 0 Å². The molecular formula is C59H101NO5. The number of carbonyl (C=O) groups is 2. The van der Waals surface area contributed by atoms with Gasteiger partial charge in [0.05, 0.1) is 25.2 Å². The van der Waals surface area contributed by atoms with E-state index in [1.165, 1.54) is 109 Å². The molecule has 0 aliphatic heterocycles. The van der Waals surface area contributed by atoms with Crippen LogP contribution < -0.4 is 5.32 Å². The number of esters is 1. The van der Waals surface area contributed by atoms with Gasteiger partial charge in [0.25, 0.3) is 0 Å². The van der Waals surface area contributed by atoms with Gasteiger partial charge >= 0.3 is 5.97 Å². The highest BCUT2D eigenvalue weighted by molar-refractivity contribution is 5.77. The first-order valence-electron chi connectivity index (χ1n) is 27.0. The van der Waals surface area contributed by atoms with Crippen LogP contribution in [0.15, 0.2) is 97.2 Å². The second-order valence-electron chi connectivity index (χ2n) is 18.0. The number of hydrogen-bond acceptors (Lipinski definition) is 5. The largest absolute Gasteiger partial charge is 0.462 e. The van der Waals surface area contributed by atoms with Gasteiger partial charge < -0.3 is 20.3 Å². The summed E-state index contributed by atoms with van der Waals surface area (Å²) in [6, 6.07) is -0.734. The minimum Gasteiger partial charge on any atom is -0.462 e. The van der Waals surface area contributed by atoms with Crippen molar-refractivity contribution in [2.24, 2.45) is 0 Å². The Morgan fingerprint density at radius 3 is 1.45 bits per heavy atom. The predicted molar refractivity (Wildman–Crippen MR) is 282 cm³/mol. The fourth-order valence-corrected chi connectivity index (χ4v) is 7.66. The number of carbonyl (C=O) groups excluding carboxylic acids is 2. The summed E-state index contributed by atoms with van der Waals surface area (Å²) in [6.07, 6.45) is 69.0. The summed E-state index contributed by atoms with van der Waals surface area (Å²) < 4.78 is 5.89. The van der Waals surface area contributed by atoms with E-state index in [9.17, 15) is 19.8 Å². The van der Waals surface area contributed by atoms with E-state index in [0.29, 0.717) is 19.3 Å². The molecule has 3 atom stereocenters. The van der Waals surface area contributed by atoms with Gasteiger partial charge in [0.1, 0.15) is 6.10 Å². The lowest BCUT2D eigenvalue weighted by Gasteiger charge is -2.24. The zero-order valence-corrected chi connectivity index (χ0v) is 42.3. The second-order valence-corrected chi connectivity index (χ2v) is 18.0. The maximum atomic E-state index is 13.2. The maximum Gasteiger partial charge on any atom is 0.306 e. The lowest BCUT2D eigenvalue weighted by Crippen LogP contribution is -2.46. The number of aliphatic hydroxyl groups is 2. The average Bonchev–Trinajstić information content (AvgIpc) is 3.30. The Bertz CT molecular complexity index is 1290. The van der Waals surface area contributed by atoms with E-state index in [-0.39, 0.29) is 24.9 Å². The quantitative estimate of drug-likeness (QED) is 0.0245. The van der Waals surface area contributed by atoms with Crippen LogP contribution in [0.3, 0.4) is 0 Å². The summed E-state index contributed by atoms with van der Waals surface area (Å²) >= 11 is 0. The third-order valence-electron chi connectivity index (χ3n) is 11.7. The van der Waals surface area contributed by atoms with E-state index < -0.39 is 18.2 Å². The molecule has 0 bridgehead atoms. The smallest absolute Gasteiger partial charge is 0.306 e. The molecule has 3 unspecified atom stereocenters. The average molecular weight is 904 g/mol. The normalized spacial score (nSPS) is 14.0. The second kappa shape index (κ2) is 51.8. The first-order valence-corrected chi connectivity index (χ1v) is 27.0. The van der Waals surface area contributed by atoms with Crippen LogP contribution in [-0.4, -0.2) is 46.9 Å². The van der Waals surface area contributed by atoms with Gasteiger partial charge in [-0.05, 0) is 83.5 Å². The number of allylic oxidation sites excluding steroid dienone is 16. The Kier molecular flexibility index (Phi) is 49.2. The summed E-state index contributed by atoms with van der Waals surface area (Å²) in [5.74, 6) is -0.579. The minimum absolute atomic E-state index is 0.0189. The highest BCUT2D eigenvalue weighted by Gasteiger charge is 2.24. The first-order chi connectivity index (χ1) is 32.0. The molecule has 3 N–H and O–H groups in total. The minimum atomic E-state index is -0.815. The van der Waals surface area contributed by atoms with Crippen molar-refractivity contribution < 1.29 is 24.5 Å². The number of unbranched alkanes of at least 4 members (excludes halogenated alkanes) is 22. The molecule has 0 aromatic heterocycles. The van der Waals surface area contributed by atoms with Crippen molar-refractivity contribution in [2.45, 2.75) is 257 Å². The van der Waals surface area contributed by atoms with Crippen molar-refractivity contribution >= 4 is 11.9 Å². The van der Waals surface area contributed by atoms with Crippen LogP contribution >= 0.6 is 0 Å². The molecular weight excluding hydrogens is 803 g/mol. The summed E-state index contributed by atoms with van der Waals surface area (Å²) in [5.41, 5.74) is 0. The standard InChI is InChI=1S/C59H101NO5/c1-4-7-10-13-16-19-22-25-27-29-30-33-35-38-41-44-47-50-55(65-59(64)52-49-46-43-40-37-32-24-21-18-15-12-9-6-3)53-58(63)60-56(54-61)57(62)51-48-45-42-39-36-34-31-28-26-23-20-17-14-11-8-5-2/h9,12,15-16,18-19,21,24-25,27,30,32-33,37-38,41,55-57,61-62H,4-8,10-11,13-14,17,20,22-23,26,28-29,31,34-36,39-40,42-54H2,1-3H3,(H,60,63)/b12-9+,18-15+,19-16-,24-21-,27-25-,33-30-,37-32-,41-38-. The summed E-state index contributed by atoms with van der Waals surface area (Å²) in [7, 11) is 0. The third kappa shape index (κ3) is 47.1. The molecule has 0 saturated carbocycles. The van der Waals surface area contributed by atoms with Crippen molar-refractivity contribution in [1.29, 1.82) is 0 Å². The Morgan fingerprint density at radius 1 is 0.477 bits per heavy atom. The van der Waals surface area contributed by atoms with Crippen LogP contribution in [0.2, 0.25) is 0 Å². The monoisotopic (exact) mass is 904 g/mol. The number of aliphatic hydroxyl groups excluding tert-OH is 2. The molecule has 6 nitrogen and oxygen atoms in total. The van der Waals surface area contributed by atoms with Crippen LogP contribution in [0.25, 0.3) is 0 Å². The maximum absolute atomic E-state index is 13.2. The SMILES string of the molecule is CC/C=C/C=C/C=C\C=C/CCCCCC(=O)OC(CCC/C=C\C/C=C\C/C=C\C/C=C\CCCCC)CC(=O)NC(CO)C(O)CCCCCCCCCCCCCCCCCC. The van der Waals surface area contributed by atoms with Crippen molar-refractivity contribution in [3.8, 4) is 0 Å². The molecule has 0 rings (SSSR count). The molecule has 0 spiro atoms. The molecule has 65 heavy (non-hydrogen) atoms. The van der Waals surface area contributed by atoms with Gasteiger partial charge in [0, 0.05) is 6.42 Å².